The van der Waals surface area contributed by atoms with Gasteiger partial charge in [-0.2, -0.15) is 0 Å². The highest BCUT2D eigenvalue weighted by Gasteiger charge is 2.37. The summed E-state index contributed by atoms with van der Waals surface area (Å²) in [6.45, 7) is 4.65. The van der Waals surface area contributed by atoms with Crippen LogP contribution >= 0.6 is 0 Å². The predicted octanol–water partition coefficient (Wildman–Crippen LogP) is 10.0. The van der Waals surface area contributed by atoms with E-state index in [0.29, 0.717) is 0 Å². The smallest absolute Gasteiger partial charge is 0.0964 e. The molecule has 4 aromatic heterocycles. The van der Waals surface area contributed by atoms with E-state index in [1.165, 1.54) is 22.3 Å². The highest BCUT2D eigenvalue weighted by Crippen LogP contribution is 2.52. The van der Waals surface area contributed by atoms with Crippen LogP contribution < -0.4 is 0 Å². The molecule has 8 aromatic rings. The lowest BCUT2D eigenvalue weighted by molar-refractivity contribution is 0.662. The van der Waals surface area contributed by atoms with E-state index in [2.05, 4.69) is 122 Å². The van der Waals surface area contributed by atoms with Crippen LogP contribution in [0.3, 0.4) is 0 Å². The predicted molar refractivity (Wildman–Crippen MR) is 184 cm³/mol. The molecule has 0 saturated heterocycles. The van der Waals surface area contributed by atoms with Crippen LogP contribution in [0.5, 0.6) is 0 Å². The van der Waals surface area contributed by atoms with Crippen LogP contribution in [-0.2, 0) is 5.41 Å². The molecular weight excluding hydrogens is 548 g/mol. The maximum absolute atomic E-state index is 5.39. The van der Waals surface area contributed by atoms with Crippen molar-refractivity contribution >= 4 is 32.7 Å². The molecule has 4 heterocycles. The van der Waals surface area contributed by atoms with E-state index in [9.17, 15) is 0 Å². The van der Waals surface area contributed by atoms with Crippen LogP contribution in [0.15, 0.2) is 134 Å². The van der Waals surface area contributed by atoms with E-state index in [4.69, 9.17) is 15.0 Å². The molecule has 9 rings (SSSR count). The molecule has 4 heteroatoms. The normalized spacial score (nSPS) is 13.3. The first-order chi connectivity index (χ1) is 22.1. The van der Waals surface area contributed by atoms with Gasteiger partial charge in [0.05, 0.1) is 27.9 Å². The number of para-hydroxylation sites is 1. The second-order valence-electron chi connectivity index (χ2n) is 12.3. The van der Waals surface area contributed by atoms with Crippen molar-refractivity contribution in [1.82, 2.24) is 19.9 Å². The lowest BCUT2D eigenvalue weighted by Gasteiger charge is -2.24. The van der Waals surface area contributed by atoms with Gasteiger partial charge >= 0.3 is 0 Å². The molecule has 0 atom stereocenters. The number of aromatic nitrogens is 4. The van der Waals surface area contributed by atoms with Gasteiger partial charge in [-0.3, -0.25) is 15.0 Å². The Balaban J connectivity index is 1.31. The SMILES string of the molecule is CC1(C)c2ccccc2-c2cccc(-c3cc(-c4cnc5c(ccc6cccnc65)c4)cc(-c4cccc5cccnc45)n3)c21. The molecule has 0 amide bonds. The zero-order valence-corrected chi connectivity index (χ0v) is 25.0. The number of hydrogen-bond acceptors (Lipinski definition) is 4. The molecule has 0 N–H and O–H groups in total. The molecule has 1 aliphatic rings. The van der Waals surface area contributed by atoms with Gasteiger partial charge in [-0.1, -0.05) is 98.8 Å². The summed E-state index contributed by atoms with van der Waals surface area (Å²) in [7, 11) is 0. The Morgan fingerprint density at radius 2 is 1.09 bits per heavy atom. The highest BCUT2D eigenvalue weighted by molar-refractivity contribution is 6.04. The fourth-order valence-corrected chi connectivity index (χ4v) is 7.24. The Kier molecular flexibility index (Phi) is 5.51. The molecule has 0 spiro atoms. The van der Waals surface area contributed by atoms with Crippen molar-refractivity contribution in [3.05, 3.63) is 145 Å². The zero-order valence-electron chi connectivity index (χ0n) is 25.0. The van der Waals surface area contributed by atoms with E-state index in [1.807, 2.05) is 30.7 Å². The minimum absolute atomic E-state index is 0.167. The maximum Gasteiger partial charge on any atom is 0.0964 e. The summed E-state index contributed by atoms with van der Waals surface area (Å²) in [5.41, 5.74) is 13.9. The van der Waals surface area contributed by atoms with Gasteiger partial charge in [0.15, 0.2) is 0 Å². The molecule has 45 heavy (non-hydrogen) atoms. The summed E-state index contributed by atoms with van der Waals surface area (Å²) in [6.07, 6.45) is 5.65. The van der Waals surface area contributed by atoms with Gasteiger partial charge in [0.1, 0.15) is 0 Å². The number of rotatable bonds is 3. The Morgan fingerprint density at radius 1 is 0.467 bits per heavy atom. The zero-order chi connectivity index (χ0) is 30.1. The number of fused-ring (bicyclic) bond motifs is 7. The Hall–Kier alpha value is -5.74. The average molecular weight is 577 g/mol. The Labute approximate surface area is 261 Å². The van der Waals surface area contributed by atoms with Gasteiger partial charge in [0.25, 0.3) is 0 Å². The summed E-state index contributed by atoms with van der Waals surface area (Å²) in [5, 5.41) is 3.24. The fraction of sp³-hybridized carbons (Fsp3) is 0.0732. The van der Waals surface area contributed by atoms with Crippen molar-refractivity contribution in [2.75, 3.05) is 0 Å². The van der Waals surface area contributed by atoms with Crippen LogP contribution in [-0.4, -0.2) is 19.9 Å². The number of pyridine rings is 4. The monoisotopic (exact) mass is 576 g/mol. The first-order valence-corrected chi connectivity index (χ1v) is 15.3. The second kappa shape index (κ2) is 9.63. The molecule has 0 fully saturated rings. The molecule has 212 valence electrons. The van der Waals surface area contributed by atoms with Gasteiger partial charge in [0, 0.05) is 56.9 Å². The van der Waals surface area contributed by atoms with Gasteiger partial charge in [-0.25, -0.2) is 4.98 Å². The molecule has 0 bridgehead atoms. The van der Waals surface area contributed by atoms with Crippen molar-refractivity contribution in [2.45, 2.75) is 19.3 Å². The van der Waals surface area contributed by atoms with Crippen LogP contribution in [0.2, 0.25) is 0 Å². The molecule has 1 aliphatic carbocycles. The van der Waals surface area contributed by atoms with Crippen molar-refractivity contribution < 1.29 is 0 Å². The van der Waals surface area contributed by atoms with E-state index in [0.717, 1.165) is 66.4 Å². The van der Waals surface area contributed by atoms with Crippen LogP contribution in [0.1, 0.15) is 25.0 Å². The second-order valence-corrected chi connectivity index (χ2v) is 12.3. The summed E-state index contributed by atoms with van der Waals surface area (Å²) in [5.74, 6) is 0. The first-order valence-electron chi connectivity index (χ1n) is 15.3. The fourth-order valence-electron chi connectivity index (χ4n) is 7.24. The molecule has 0 unspecified atom stereocenters. The number of hydrogen-bond donors (Lipinski definition) is 0. The molecule has 0 saturated carbocycles. The number of nitrogens with zero attached hydrogens (tertiary/aromatic N) is 4. The van der Waals surface area contributed by atoms with E-state index >= 15 is 0 Å². The minimum Gasteiger partial charge on any atom is -0.256 e. The lowest BCUT2D eigenvalue weighted by atomic mass is 9.79. The largest absolute Gasteiger partial charge is 0.256 e. The topological polar surface area (TPSA) is 51.6 Å². The van der Waals surface area contributed by atoms with Crippen molar-refractivity contribution in [3.8, 4) is 44.8 Å². The highest BCUT2D eigenvalue weighted by atomic mass is 14.7. The minimum atomic E-state index is -0.167. The third-order valence-corrected chi connectivity index (χ3v) is 9.35. The maximum atomic E-state index is 5.39. The van der Waals surface area contributed by atoms with Crippen LogP contribution in [0.25, 0.3) is 77.5 Å². The summed E-state index contributed by atoms with van der Waals surface area (Å²) in [4.78, 5) is 19.8. The molecule has 4 nitrogen and oxygen atoms in total. The average Bonchev–Trinajstić information content (AvgIpc) is 3.34. The van der Waals surface area contributed by atoms with E-state index in [-0.39, 0.29) is 5.41 Å². The van der Waals surface area contributed by atoms with Crippen molar-refractivity contribution in [2.24, 2.45) is 0 Å². The summed E-state index contributed by atoms with van der Waals surface area (Å²) in [6, 6.07) is 40.7. The van der Waals surface area contributed by atoms with Gasteiger partial charge in [-0.05, 0) is 58.1 Å². The van der Waals surface area contributed by atoms with E-state index in [1.54, 1.807) is 0 Å². The molecular formula is C41H28N4. The summed E-state index contributed by atoms with van der Waals surface area (Å²) >= 11 is 0. The lowest BCUT2D eigenvalue weighted by Crippen LogP contribution is -2.16. The molecule has 0 radical (unpaired) electrons. The third-order valence-electron chi connectivity index (χ3n) is 9.35. The number of benzene rings is 4. The Bertz CT molecular complexity index is 2470. The quantitative estimate of drug-likeness (QED) is 0.196. The first kappa shape index (κ1) is 25.7. The van der Waals surface area contributed by atoms with Crippen molar-refractivity contribution in [1.29, 1.82) is 0 Å². The summed E-state index contributed by atoms with van der Waals surface area (Å²) < 4.78 is 0. The molecule has 4 aromatic carbocycles. The van der Waals surface area contributed by atoms with Gasteiger partial charge in [0.2, 0.25) is 0 Å². The van der Waals surface area contributed by atoms with Gasteiger partial charge < -0.3 is 0 Å². The van der Waals surface area contributed by atoms with E-state index < -0.39 is 0 Å². The standard InChI is InChI=1S/C41H28N4/c1-41(2)34-16-4-3-12-30(34)31-13-6-14-32(37(31)41)35-22-28(23-36(45-35)33-15-5-9-25-10-7-19-42-38(25)33)29-21-27-18-17-26-11-8-20-43-39(26)40(27)44-24-29/h3-24H,1-2H3. The Morgan fingerprint density at radius 3 is 1.96 bits per heavy atom. The van der Waals surface area contributed by atoms with Gasteiger partial charge in [-0.15, -0.1) is 0 Å². The van der Waals surface area contributed by atoms with Crippen molar-refractivity contribution in [3.63, 3.8) is 0 Å². The third kappa shape index (κ3) is 3.92. The molecule has 0 aliphatic heterocycles. The van der Waals surface area contributed by atoms with Crippen LogP contribution in [0, 0.1) is 0 Å². The van der Waals surface area contributed by atoms with Crippen LogP contribution in [0.4, 0.5) is 0 Å².